The molecule has 5 heterocycles. The molecule has 1 aliphatic rings. The molecule has 4 aromatic carbocycles. The van der Waals surface area contributed by atoms with Crippen LogP contribution in [-0.4, -0.2) is 18.7 Å². The van der Waals surface area contributed by atoms with Gasteiger partial charge < -0.3 is 23.0 Å². The molecule has 264 valence electrons. The normalized spacial score (nSPS) is 14.9. The zero-order valence-corrected chi connectivity index (χ0v) is 32.8. The SMILES string of the molecule is CC(C)(C)c1ccnc(-n2c3[c-]c(Oc4[c-]c(-n5[c-][n+]6c7c(cn(-c8ccccc8)c75)C(C)(C)CC6(C)C)ccc4)ccc3c3ccccc32)c1.[Pt]. The first-order chi connectivity index (χ1) is 24.4. The van der Waals surface area contributed by atoms with Crippen LogP contribution >= 0.6 is 0 Å². The van der Waals surface area contributed by atoms with E-state index in [1.165, 1.54) is 16.6 Å². The number of pyridine rings is 1. The fourth-order valence-corrected chi connectivity index (χ4v) is 8.18. The summed E-state index contributed by atoms with van der Waals surface area (Å²) in [5.74, 6) is 2.08. The van der Waals surface area contributed by atoms with Gasteiger partial charge in [-0.3, -0.25) is 0 Å². The molecule has 0 bridgehead atoms. The predicted molar refractivity (Wildman–Crippen MR) is 204 cm³/mol. The third-order valence-electron chi connectivity index (χ3n) is 10.4. The van der Waals surface area contributed by atoms with Gasteiger partial charge in [0.1, 0.15) is 11.5 Å². The molecule has 4 aromatic heterocycles. The van der Waals surface area contributed by atoms with Gasteiger partial charge in [-0.25, -0.2) is 4.98 Å². The van der Waals surface area contributed by atoms with Crippen LogP contribution in [0, 0.1) is 18.5 Å². The van der Waals surface area contributed by atoms with Gasteiger partial charge in [-0.05, 0) is 77.9 Å². The summed E-state index contributed by atoms with van der Waals surface area (Å²) in [7, 11) is 0. The predicted octanol–water partition coefficient (Wildman–Crippen LogP) is 10.1. The summed E-state index contributed by atoms with van der Waals surface area (Å²) in [6.07, 6.45) is 8.96. The Kier molecular flexibility index (Phi) is 7.93. The van der Waals surface area contributed by atoms with Crippen molar-refractivity contribution >= 4 is 33.0 Å². The van der Waals surface area contributed by atoms with Gasteiger partial charge in [0.25, 0.3) is 0 Å². The Morgan fingerprint density at radius 2 is 1.56 bits per heavy atom. The van der Waals surface area contributed by atoms with Crippen LogP contribution in [0.5, 0.6) is 11.5 Å². The zero-order chi connectivity index (χ0) is 35.3. The zero-order valence-electron chi connectivity index (χ0n) is 30.6. The second-order valence-corrected chi connectivity index (χ2v) is 16.2. The molecule has 0 radical (unpaired) electrons. The van der Waals surface area contributed by atoms with Crippen LogP contribution < -0.4 is 9.30 Å². The van der Waals surface area contributed by atoms with Gasteiger partial charge in [0.05, 0.1) is 11.1 Å². The van der Waals surface area contributed by atoms with E-state index in [0.29, 0.717) is 11.5 Å². The van der Waals surface area contributed by atoms with E-state index >= 15 is 0 Å². The van der Waals surface area contributed by atoms with Gasteiger partial charge in [0, 0.05) is 56.2 Å². The maximum atomic E-state index is 6.58. The van der Waals surface area contributed by atoms with Gasteiger partial charge in [-0.15, -0.1) is 29.7 Å². The van der Waals surface area contributed by atoms with Crippen LogP contribution in [-0.2, 0) is 37.4 Å². The van der Waals surface area contributed by atoms with E-state index in [0.717, 1.165) is 51.1 Å². The maximum Gasteiger partial charge on any atom is 0.244 e. The summed E-state index contributed by atoms with van der Waals surface area (Å²) < 4.78 is 15.5. The first-order valence-electron chi connectivity index (χ1n) is 17.7. The number of benzene rings is 4. The van der Waals surface area contributed by atoms with Crippen molar-refractivity contribution in [2.24, 2.45) is 0 Å². The van der Waals surface area contributed by atoms with Crippen LogP contribution in [0.1, 0.15) is 66.0 Å². The number of nitrogens with zero attached hydrogens (tertiary/aromatic N) is 5. The number of imidazole rings is 1. The van der Waals surface area contributed by atoms with Crippen LogP contribution in [0.4, 0.5) is 0 Å². The minimum Gasteiger partial charge on any atom is -0.510 e. The third-order valence-corrected chi connectivity index (χ3v) is 10.4. The van der Waals surface area contributed by atoms with Crippen molar-refractivity contribution in [2.75, 3.05) is 0 Å². The van der Waals surface area contributed by atoms with Crippen LogP contribution in [0.15, 0.2) is 109 Å². The number of hydrogen-bond donors (Lipinski definition) is 0. The molecule has 8 aromatic rings. The Hall–Kier alpha value is -4.93. The number of hydrogen-bond acceptors (Lipinski definition) is 2. The summed E-state index contributed by atoms with van der Waals surface area (Å²) in [5.41, 5.74) is 8.64. The monoisotopic (exact) mass is 862 g/mol. The number of ether oxygens (including phenoxy) is 1. The van der Waals surface area contributed by atoms with Crippen LogP contribution in [0.2, 0.25) is 0 Å². The smallest absolute Gasteiger partial charge is 0.244 e. The maximum absolute atomic E-state index is 6.58. The molecule has 9 rings (SSSR count). The largest absolute Gasteiger partial charge is 0.510 e. The van der Waals surface area contributed by atoms with E-state index in [4.69, 9.17) is 9.72 Å². The van der Waals surface area contributed by atoms with Gasteiger partial charge in [0.15, 0.2) is 0 Å². The van der Waals surface area contributed by atoms with E-state index in [1.54, 1.807) is 0 Å². The average Bonchev–Trinajstić information content (AvgIpc) is 3.78. The van der Waals surface area contributed by atoms with Gasteiger partial charge >= 0.3 is 0 Å². The molecule has 0 fully saturated rings. The molecular weight excluding hydrogens is 822 g/mol. The van der Waals surface area contributed by atoms with E-state index in [9.17, 15) is 0 Å². The van der Waals surface area contributed by atoms with E-state index in [2.05, 4.69) is 170 Å². The van der Waals surface area contributed by atoms with Gasteiger partial charge in [-0.2, -0.15) is 18.2 Å². The van der Waals surface area contributed by atoms with Crippen LogP contribution in [0.3, 0.4) is 0 Å². The van der Waals surface area contributed by atoms with E-state index < -0.39 is 0 Å². The summed E-state index contributed by atoms with van der Waals surface area (Å²) in [4.78, 5) is 4.83. The van der Waals surface area contributed by atoms with Crippen molar-refractivity contribution in [2.45, 2.75) is 71.3 Å². The number of fused-ring (bicyclic) bond motifs is 3. The fraction of sp³-hybridized carbons (Fsp3) is 0.244. The minimum atomic E-state index is -0.124. The average molecular weight is 863 g/mol. The Bertz CT molecular complexity index is 2630. The second-order valence-electron chi connectivity index (χ2n) is 16.2. The summed E-state index contributed by atoms with van der Waals surface area (Å²) >= 11 is 0. The fourth-order valence-electron chi connectivity index (χ4n) is 8.18. The Labute approximate surface area is 319 Å². The minimum absolute atomic E-state index is 0. The molecule has 0 aliphatic carbocycles. The molecule has 7 heteroatoms. The number of rotatable bonds is 5. The van der Waals surface area contributed by atoms with Crippen molar-refractivity contribution in [3.63, 3.8) is 0 Å². The summed E-state index contributed by atoms with van der Waals surface area (Å²) in [5, 5.41) is 2.25. The molecular formula is C45H41N5OPt-2. The molecule has 0 unspecified atom stereocenters. The Morgan fingerprint density at radius 3 is 2.35 bits per heavy atom. The van der Waals surface area contributed by atoms with Gasteiger partial charge in [0.2, 0.25) is 6.33 Å². The molecule has 0 atom stereocenters. The molecule has 6 nitrogen and oxygen atoms in total. The van der Waals surface area contributed by atoms with Gasteiger partial charge in [-0.1, -0.05) is 82.2 Å². The summed E-state index contributed by atoms with van der Waals surface area (Å²) in [6, 6.07) is 40.6. The molecule has 1 aliphatic heterocycles. The molecule has 0 spiro atoms. The standard InChI is InChI=1S/C45H41N5O.Pt/c1-43(2,3)30-22-23-46-40(24-30)50-38-19-12-11-18-35(38)36-21-20-34(26-39(36)50)51-33-17-13-16-32(25-33)48-29-49-41-37(44(4,5)28-45(49,6)7)27-47(42(41)48)31-14-9-8-10-15-31;/h8-24,27H,28H2,1-7H3;/q-2;. The van der Waals surface area contributed by atoms with Crippen molar-refractivity contribution in [1.82, 2.24) is 18.7 Å². The van der Waals surface area contributed by atoms with E-state index in [-0.39, 0.29) is 37.4 Å². The molecule has 0 saturated carbocycles. The van der Waals surface area contributed by atoms with Crippen molar-refractivity contribution in [3.05, 3.63) is 139 Å². The van der Waals surface area contributed by atoms with E-state index in [1.807, 2.05) is 24.4 Å². The molecule has 0 saturated heterocycles. The molecule has 0 amide bonds. The molecule has 0 N–H and O–H groups in total. The third kappa shape index (κ3) is 5.42. The first-order valence-corrected chi connectivity index (χ1v) is 17.7. The van der Waals surface area contributed by atoms with Crippen molar-refractivity contribution < 1.29 is 30.4 Å². The molecule has 52 heavy (non-hydrogen) atoms. The number of aromatic nitrogens is 5. The van der Waals surface area contributed by atoms with Crippen molar-refractivity contribution in [1.29, 1.82) is 0 Å². The second kappa shape index (κ2) is 12.1. The summed E-state index contributed by atoms with van der Waals surface area (Å²) in [6.45, 7) is 16.0. The van der Waals surface area contributed by atoms with Crippen LogP contribution in [0.25, 0.3) is 50.2 Å². The Balaban J connectivity index is 0.00000387. The number of para-hydroxylation sites is 2. The topological polar surface area (TPSA) is 40.8 Å². The van der Waals surface area contributed by atoms with Crippen molar-refractivity contribution in [3.8, 4) is 28.7 Å². The quantitative estimate of drug-likeness (QED) is 0.128. The Morgan fingerprint density at radius 1 is 0.808 bits per heavy atom. The first kappa shape index (κ1) is 34.2.